The highest BCUT2D eigenvalue weighted by molar-refractivity contribution is 5.83. The Labute approximate surface area is 434 Å². The van der Waals surface area contributed by atoms with Crippen molar-refractivity contribution in [2.45, 2.75) is 182 Å². The van der Waals surface area contributed by atoms with Crippen LogP contribution in [0.1, 0.15) is 141 Å². The Kier molecular flexibility index (Phi) is 29.9. The second kappa shape index (κ2) is 32.2. The van der Waals surface area contributed by atoms with Gasteiger partial charge in [-0.15, -0.1) is 0 Å². The number of carbonyl (C=O) groups excluding carboxylic acids is 9. The van der Waals surface area contributed by atoms with Crippen molar-refractivity contribution in [1.29, 1.82) is 0 Å². The van der Waals surface area contributed by atoms with Gasteiger partial charge in [-0.2, -0.15) is 18.7 Å². The van der Waals surface area contributed by atoms with Crippen LogP contribution in [-0.4, -0.2) is 198 Å². The highest BCUT2D eigenvalue weighted by Crippen LogP contribution is 2.24. The number of halogens is 3. The maximum atomic E-state index is 12.2. The van der Waals surface area contributed by atoms with Gasteiger partial charge in [0.1, 0.15) is 22.6 Å². The van der Waals surface area contributed by atoms with Gasteiger partial charge in [-0.05, 0) is 101 Å². The molecule has 0 aliphatic carbocycles. The second-order valence-corrected chi connectivity index (χ2v) is 20.4. The number of nitrogens with zero attached hydrogens (tertiary/aromatic N) is 6. The molecule has 4 heterocycles. The standard InChI is InChI=1S/C13H24N2O4.C11H22N2O3.C10H15F3N2O3.C10H17NO3.C4H6O3/c1-10(16)15(18-5)11-6-8-14(9-7-11)12(17)19-13(2,3)4;1-11(2,3)16-10(14)13-7-5-9(6-8-13)12-15-4;1-7(16)15(18-2)8-3-5-14(6-4-8)9(17)10(11,12)13;1-10(2,3)14-9(13)11-6-4-8(12)5-7-11;1-3(5)7-4(2)6/h11H,6-9H2,1-5H3;9,12H,5-8H2,1-4H3;8H,3-6H2,1-2H3;4-7H2,1-3H3;1-2H3. The molecular weight excluding hydrogens is 988 g/mol. The van der Waals surface area contributed by atoms with Crippen molar-refractivity contribution >= 4 is 53.7 Å². The fraction of sp³-hybridized carbons (Fsp3) is 0.812. The lowest BCUT2D eigenvalue weighted by molar-refractivity contribution is -0.197. The van der Waals surface area contributed by atoms with Crippen LogP contribution in [0, 0.1) is 0 Å². The number of alkyl halides is 3. The lowest BCUT2D eigenvalue weighted by atomic mass is 10.0. The van der Waals surface area contributed by atoms with E-state index in [1.54, 1.807) is 21.8 Å². The Bertz CT molecular complexity index is 1790. The molecule has 428 valence electrons. The van der Waals surface area contributed by atoms with Gasteiger partial charge in [0, 0.05) is 98.9 Å². The van der Waals surface area contributed by atoms with Gasteiger partial charge >= 0.3 is 42.3 Å². The van der Waals surface area contributed by atoms with E-state index in [9.17, 15) is 56.3 Å². The minimum Gasteiger partial charge on any atom is -0.444 e. The zero-order valence-electron chi connectivity index (χ0n) is 46.4. The molecule has 0 spiro atoms. The van der Waals surface area contributed by atoms with Gasteiger partial charge in [-0.3, -0.25) is 38.4 Å². The van der Waals surface area contributed by atoms with E-state index in [1.165, 1.54) is 47.0 Å². The monoisotopic (exact) mass is 1070 g/mol. The summed E-state index contributed by atoms with van der Waals surface area (Å²) >= 11 is 0. The fourth-order valence-electron chi connectivity index (χ4n) is 7.30. The quantitative estimate of drug-likeness (QED) is 0.139. The van der Waals surface area contributed by atoms with Crippen LogP contribution in [-0.2, 0) is 62.2 Å². The number of esters is 2. The van der Waals surface area contributed by atoms with Gasteiger partial charge < -0.3 is 43.4 Å². The zero-order valence-corrected chi connectivity index (χ0v) is 46.4. The lowest BCUT2D eigenvalue weighted by Gasteiger charge is -2.37. The molecule has 0 radical (unpaired) electrons. The Balaban J connectivity index is 0.000000924. The summed E-state index contributed by atoms with van der Waals surface area (Å²) in [5.41, 5.74) is 1.56. The van der Waals surface area contributed by atoms with E-state index in [2.05, 4.69) is 10.2 Å². The molecule has 0 saturated carbocycles. The van der Waals surface area contributed by atoms with E-state index in [0.29, 0.717) is 57.9 Å². The van der Waals surface area contributed by atoms with Crippen LogP contribution in [0.4, 0.5) is 27.6 Å². The molecule has 4 rings (SSSR count). The molecule has 0 atom stereocenters. The number of rotatable bonds is 6. The Morgan fingerprint density at radius 2 is 0.797 bits per heavy atom. The van der Waals surface area contributed by atoms with Gasteiger partial charge in [0.2, 0.25) is 11.8 Å². The van der Waals surface area contributed by atoms with Gasteiger partial charge in [0.25, 0.3) is 0 Å². The largest absolute Gasteiger partial charge is 0.471 e. The Morgan fingerprint density at radius 1 is 0.500 bits per heavy atom. The average molecular weight is 1070 g/mol. The van der Waals surface area contributed by atoms with Crippen molar-refractivity contribution < 1.29 is 89.8 Å². The molecule has 1 N–H and O–H groups in total. The van der Waals surface area contributed by atoms with Crippen LogP contribution < -0.4 is 5.48 Å². The second-order valence-electron chi connectivity index (χ2n) is 20.4. The van der Waals surface area contributed by atoms with Crippen LogP contribution in [0.5, 0.6) is 0 Å². The maximum Gasteiger partial charge on any atom is 0.471 e. The molecule has 4 aliphatic heterocycles. The first-order valence-electron chi connectivity index (χ1n) is 24.4. The predicted octanol–water partition coefficient (Wildman–Crippen LogP) is 5.96. The Morgan fingerprint density at radius 3 is 1.04 bits per heavy atom. The minimum atomic E-state index is -4.84. The third-order valence-corrected chi connectivity index (χ3v) is 10.5. The molecule has 6 amide bonds. The van der Waals surface area contributed by atoms with E-state index in [1.807, 2.05) is 62.3 Å². The number of ketones is 1. The van der Waals surface area contributed by atoms with Gasteiger partial charge in [-0.1, -0.05) is 0 Å². The molecule has 0 aromatic heterocycles. The summed E-state index contributed by atoms with van der Waals surface area (Å²) in [5, 5.41) is 2.52. The molecule has 26 heteroatoms. The fourth-order valence-corrected chi connectivity index (χ4v) is 7.30. The van der Waals surface area contributed by atoms with Gasteiger partial charge in [0.05, 0.1) is 33.4 Å². The number of hydrogen-bond donors (Lipinski definition) is 1. The van der Waals surface area contributed by atoms with Gasteiger partial charge in [0.15, 0.2) is 0 Å². The molecule has 4 aliphatic rings. The summed E-state index contributed by atoms with van der Waals surface area (Å²) < 4.78 is 56.4. The topological polar surface area (TPSA) is 250 Å². The van der Waals surface area contributed by atoms with E-state index >= 15 is 0 Å². The summed E-state index contributed by atoms with van der Waals surface area (Å²) in [4.78, 5) is 120. The minimum absolute atomic E-state index is 0.0289. The van der Waals surface area contributed by atoms with Crippen LogP contribution in [0.25, 0.3) is 0 Å². The predicted molar refractivity (Wildman–Crippen MR) is 261 cm³/mol. The number of Topliss-reactive ketones (excluding diaryl/α,β-unsaturated/α-hetero) is 1. The molecular formula is C48H84F3N7O16. The number of hydroxylamine groups is 5. The van der Waals surface area contributed by atoms with Crippen molar-refractivity contribution in [2.24, 2.45) is 0 Å². The SMILES string of the molecule is CC(=O)OC(C)=O.CC(C)(C)OC(=O)N1CCC(=O)CC1.CON(C(C)=O)C1CCN(C(=O)C(F)(F)F)CC1.CON(C(C)=O)C1CCN(C(=O)OC(C)(C)C)CC1.CONC1CCN(C(=O)OC(C)(C)C)CC1. The number of likely N-dealkylation sites (tertiary alicyclic amines) is 4. The molecule has 0 aromatic carbocycles. The van der Waals surface area contributed by atoms with E-state index in [0.717, 1.165) is 35.9 Å². The number of ether oxygens (including phenoxy) is 4. The lowest BCUT2D eigenvalue weighted by Crippen LogP contribution is -2.50. The number of amides is 6. The van der Waals surface area contributed by atoms with Crippen molar-refractivity contribution in [3.63, 3.8) is 0 Å². The number of piperidine rings is 4. The maximum absolute atomic E-state index is 12.2. The van der Waals surface area contributed by atoms with Crippen molar-refractivity contribution in [3.8, 4) is 0 Å². The van der Waals surface area contributed by atoms with Crippen molar-refractivity contribution in [3.05, 3.63) is 0 Å². The number of carbonyl (C=O) groups is 9. The van der Waals surface area contributed by atoms with Gasteiger partial charge in [-0.25, -0.2) is 24.5 Å². The third kappa shape index (κ3) is 29.5. The summed E-state index contributed by atoms with van der Waals surface area (Å²) in [6.45, 7) is 25.3. The Hall–Kier alpha value is -5.34. The highest BCUT2D eigenvalue weighted by atomic mass is 19.4. The highest BCUT2D eigenvalue weighted by Gasteiger charge is 2.44. The molecule has 74 heavy (non-hydrogen) atoms. The van der Waals surface area contributed by atoms with E-state index in [-0.39, 0.29) is 73.9 Å². The smallest absolute Gasteiger partial charge is 0.444 e. The average Bonchev–Trinajstić information content (AvgIpc) is 3.26. The first-order chi connectivity index (χ1) is 33.9. The molecule has 0 bridgehead atoms. The normalized spacial score (nSPS) is 16.9. The number of nitrogens with one attached hydrogen (secondary N) is 1. The van der Waals surface area contributed by atoms with E-state index in [4.69, 9.17) is 28.7 Å². The summed E-state index contributed by atoms with van der Waals surface area (Å²) in [7, 11) is 4.43. The molecule has 4 saturated heterocycles. The van der Waals surface area contributed by atoms with Crippen LogP contribution in [0.15, 0.2) is 0 Å². The molecule has 4 fully saturated rings. The van der Waals surface area contributed by atoms with Crippen molar-refractivity contribution in [1.82, 2.24) is 35.2 Å². The summed E-state index contributed by atoms with van der Waals surface area (Å²) in [6.07, 6.45) is -1.01. The van der Waals surface area contributed by atoms with Crippen LogP contribution >= 0.6 is 0 Å². The summed E-state index contributed by atoms with van der Waals surface area (Å²) in [5.74, 6) is -3.14. The summed E-state index contributed by atoms with van der Waals surface area (Å²) in [6, 6.07) is 0.0784. The first-order valence-corrected chi connectivity index (χ1v) is 24.4. The van der Waals surface area contributed by atoms with Crippen molar-refractivity contribution in [2.75, 3.05) is 73.7 Å². The van der Waals surface area contributed by atoms with Crippen LogP contribution in [0.3, 0.4) is 0 Å². The third-order valence-electron chi connectivity index (χ3n) is 10.5. The molecule has 0 unspecified atom stereocenters. The zero-order chi connectivity index (χ0) is 57.4. The van der Waals surface area contributed by atoms with Crippen LogP contribution in [0.2, 0.25) is 0 Å². The first kappa shape index (κ1) is 68.7. The number of hydrogen-bond acceptors (Lipinski definition) is 17. The van der Waals surface area contributed by atoms with E-state index < -0.39 is 40.8 Å². The molecule has 0 aromatic rings. The molecule has 23 nitrogen and oxygen atoms in total.